The van der Waals surface area contributed by atoms with E-state index in [4.69, 9.17) is 4.74 Å². The highest BCUT2D eigenvalue weighted by molar-refractivity contribution is 5.85. The normalized spacial score (nSPS) is 26.0. The van der Waals surface area contributed by atoms with Crippen molar-refractivity contribution >= 4 is 17.1 Å². The lowest BCUT2D eigenvalue weighted by atomic mass is 9.86. The van der Waals surface area contributed by atoms with Crippen LogP contribution in [0.1, 0.15) is 47.6 Å². The number of H-pyrrole nitrogens is 1. The Bertz CT molecular complexity index is 1260. The van der Waals surface area contributed by atoms with Gasteiger partial charge in [-0.2, -0.15) is 0 Å². The molecule has 0 radical (unpaired) electrons. The summed E-state index contributed by atoms with van der Waals surface area (Å²) >= 11 is 0. The molecule has 0 aliphatic carbocycles. The molecule has 4 aliphatic rings. The Morgan fingerprint density at radius 2 is 2.06 bits per heavy atom. The van der Waals surface area contributed by atoms with Crippen molar-refractivity contribution in [1.29, 1.82) is 0 Å². The Hall–Kier alpha value is -2.90. The Balaban J connectivity index is 1.25. The highest BCUT2D eigenvalue weighted by Crippen LogP contribution is 2.38. The van der Waals surface area contributed by atoms with Crippen LogP contribution in [0.5, 0.6) is 0 Å². The first-order valence-electron chi connectivity index (χ1n) is 12.6. The van der Waals surface area contributed by atoms with Crippen LogP contribution in [0, 0.1) is 6.92 Å². The Kier molecular flexibility index (Phi) is 4.71. The molecule has 2 unspecified atom stereocenters. The Labute approximate surface area is 199 Å². The topological polar surface area (TPSA) is 73.5 Å². The lowest BCUT2D eigenvalue weighted by Crippen LogP contribution is -2.68. The molecule has 6 heterocycles. The summed E-state index contributed by atoms with van der Waals surface area (Å²) in [5.74, 6) is 0. The number of aromatic nitrogens is 2. The molecule has 2 bridgehead atoms. The zero-order valence-electron chi connectivity index (χ0n) is 19.6. The molecule has 7 nitrogen and oxygen atoms in total. The number of carbonyl (C=O) groups excluding carboxylic acids is 1. The molecule has 0 spiro atoms. The first kappa shape index (κ1) is 20.5. The number of pyridine rings is 1. The molecule has 34 heavy (non-hydrogen) atoms. The molecule has 7 heteroatoms. The van der Waals surface area contributed by atoms with E-state index in [2.05, 4.69) is 50.2 Å². The molecule has 2 N–H and O–H groups in total. The van der Waals surface area contributed by atoms with Gasteiger partial charge in [0.05, 0.1) is 25.3 Å². The fourth-order valence-corrected chi connectivity index (χ4v) is 6.40. The SMILES string of the molecule is Cc1c[nH]c2ncc(-c3cc4c(c([C@@H]5CCCN5)c3)CN(C(=O)N3C5COCC3C5)CC4)cc12. The second-order valence-electron chi connectivity index (χ2n) is 10.4. The van der Waals surface area contributed by atoms with Crippen molar-refractivity contribution in [3.05, 3.63) is 52.8 Å². The lowest BCUT2D eigenvalue weighted by molar-refractivity contribution is -0.106. The molecule has 0 saturated carbocycles. The summed E-state index contributed by atoms with van der Waals surface area (Å²) in [6.45, 7) is 6.03. The molecule has 7 rings (SSSR count). The Morgan fingerprint density at radius 1 is 1.18 bits per heavy atom. The van der Waals surface area contributed by atoms with Crippen LogP contribution >= 0.6 is 0 Å². The minimum atomic E-state index is 0.196. The highest BCUT2D eigenvalue weighted by atomic mass is 16.5. The van der Waals surface area contributed by atoms with Crippen LogP contribution in [-0.4, -0.2) is 64.2 Å². The second kappa shape index (κ2) is 7.82. The van der Waals surface area contributed by atoms with Gasteiger partial charge >= 0.3 is 6.03 Å². The predicted molar refractivity (Wildman–Crippen MR) is 131 cm³/mol. The summed E-state index contributed by atoms with van der Waals surface area (Å²) in [5.41, 5.74) is 8.62. The number of hydrogen-bond acceptors (Lipinski definition) is 4. The summed E-state index contributed by atoms with van der Waals surface area (Å²) in [4.78, 5) is 25.5. The number of morpholine rings is 1. The number of ether oxygens (including phenoxy) is 1. The van der Waals surface area contributed by atoms with Crippen LogP contribution in [0.4, 0.5) is 4.79 Å². The molecule has 4 aliphatic heterocycles. The van der Waals surface area contributed by atoms with Gasteiger partial charge in [0, 0.05) is 42.5 Å². The summed E-state index contributed by atoms with van der Waals surface area (Å²) < 4.78 is 5.60. The number of fused-ring (bicyclic) bond motifs is 4. The fraction of sp³-hybridized carbons (Fsp3) is 0.481. The third kappa shape index (κ3) is 3.17. The maximum Gasteiger partial charge on any atom is 0.320 e. The van der Waals surface area contributed by atoms with Gasteiger partial charge in [-0.25, -0.2) is 9.78 Å². The predicted octanol–water partition coefficient (Wildman–Crippen LogP) is 3.91. The maximum atomic E-state index is 13.4. The monoisotopic (exact) mass is 457 g/mol. The molecule has 2 aromatic heterocycles. The van der Waals surface area contributed by atoms with E-state index in [1.54, 1.807) is 0 Å². The molecular formula is C27H31N5O2. The molecule has 176 valence electrons. The smallest absolute Gasteiger partial charge is 0.320 e. The number of nitrogens with one attached hydrogen (secondary N) is 2. The molecule has 2 amide bonds. The minimum absolute atomic E-state index is 0.196. The standard InChI is InChI=1S/C27H31N5O2/c1-16-11-29-26-22(16)9-19(12-30-26)18-7-17-4-6-31(27(33)32-20-10-21(32)15-34-14-20)13-24(17)23(8-18)25-3-2-5-28-25/h7-9,11-12,20-21,25,28H,2-6,10,13-15H2,1H3,(H,29,30)/t20?,21?,25-/m0/s1. The third-order valence-corrected chi connectivity index (χ3v) is 8.33. The third-order valence-electron chi connectivity index (χ3n) is 8.33. The number of nitrogens with zero attached hydrogens (tertiary/aromatic N) is 3. The number of carbonyl (C=O) groups is 1. The van der Waals surface area contributed by atoms with E-state index in [1.165, 1.54) is 39.6 Å². The number of hydrogen-bond donors (Lipinski definition) is 2. The van der Waals surface area contributed by atoms with Crippen LogP contribution in [0.25, 0.3) is 22.2 Å². The first-order valence-corrected chi connectivity index (χ1v) is 12.6. The van der Waals surface area contributed by atoms with E-state index >= 15 is 0 Å². The summed E-state index contributed by atoms with van der Waals surface area (Å²) in [5, 5.41) is 4.88. The summed E-state index contributed by atoms with van der Waals surface area (Å²) in [6, 6.07) is 8.04. The van der Waals surface area contributed by atoms with Crippen molar-refractivity contribution in [2.45, 2.75) is 57.3 Å². The van der Waals surface area contributed by atoms with Gasteiger partial charge in [0.1, 0.15) is 5.65 Å². The number of urea groups is 1. The second-order valence-corrected chi connectivity index (χ2v) is 10.4. The molecule has 3 atom stereocenters. The molecular weight excluding hydrogens is 426 g/mol. The molecule has 3 fully saturated rings. The highest BCUT2D eigenvalue weighted by Gasteiger charge is 2.47. The van der Waals surface area contributed by atoms with Crippen LogP contribution in [0.2, 0.25) is 0 Å². The number of aromatic amines is 1. The van der Waals surface area contributed by atoms with Gasteiger partial charge in [-0.15, -0.1) is 0 Å². The van der Waals surface area contributed by atoms with Crippen molar-refractivity contribution < 1.29 is 9.53 Å². The van der Waals surface area contributed by atoms with Crippen LogP contribution in [0.15, 0.2) is 30.6 Å². The first-order chi connectivity index (χ1) is 16.7. The van der Waals surface area contributed by atoms with Crippen LogP contribution in [0.3, 0.4) is 0 Å². The quantitative estimate of drug-likeness (QED) is 0.612. The van der Waals surface area contributed by atoms with Gasteiger partial charge in [-0.05, 0) is 79.1 Å². The lowest BCUT2D eigenvalue weighted by Gasteiger charge is -2.53. The van der Waals surface area contributed by atoms with E-state index < -0.39 is 0 Å². The Morgan fingerprint density at radius 3 is 2.85 bits per heavy atom. The van der Waals surface area contributed by atoms with Gasteiger partial charge in [0.15, 0.2) is 0 Å². The largest absolute Gasteiger partial charge is 0.377 e. The maximum absolute atomic E-state index is 13.4. The average molecular weight is 458 g/mol. The molecule has 3 saturated heterocycles. The van der Waals surface area contributed by atoms with Crippen molar-refractivity contribution in [3.8, 4) is 11.1 Å². The van der Waals surface area contributed by atoms with Gasteiger partial charge in [0.2, 0.25) is 0 Å². The van der Waals surface area contributed by atoms with Crippen molar-refractivity contribution in [2.75, 3.05) is 26.3 Å². The fourth-order valence-electron chi connectivity index (χ4n) is 6.40. The van der Waals surface area contributed by atoms with Gasteiger partial charge < -0.3 is 24.8 Å². The van der Waals surface area contributed by atoms with Gasteiger partial charge in [-0.1, -0.05) is 6.07 Å². The van der Waals surface area contributed by atoms with E-state index in [0.29, 0.717) is 25.8 Å². The van der Waals surface area contributed by atoms with E-state index in [1.807, 2.05) is 12.4 Å². The van der Waals surface area contributed by atoms with Gasteiger partial charge in [-0.3, -0.25) is 0 Å². The van der Waals surface area contributed by atoms with Gasteiger partial charge in [0.25, 0.3) is 0 Å². The zero-order valence-corrected chi connectivity index (χ0v) is 19.6. The summed E-state index contributed by atoms with van der Waals surface area (Å²) in [6.07, 6.45) is 8.33. The van der Waals surface area contributed by atoms with Crippen molar-refractivity contribution in [3.63, 3.8) is 0 Å². The zero-order chi connectivity index (χ0) is 22.8. The number of aryl methyl sites for hydroxylation is 1. The minimum Gasteiger partial charge on any atom is -0.377 e. The van der Waals surface area contributed by atoms with Crippen LogP contribution < -0.4 is 5.32 Å². The average Bonchev–Trinajstić information content (AvgIpc) is 3.53. The van der Waals surface area contributed by atoms with E-state index in [9.17, 15) is 4.79 Å². The molecule has 1 aromatic carbocycles. The van der Waals surface area contributed by atoms with E-state index in [-0.39, 0.29) is 18.1 Å². The number of amides is 2. The van der Waals surface area contributed by atoms with Crippen molar-refractivity contribution in [1.82, 2.24) is 25.1 Å². The number of rotatable bonds is 2. The molecule has 3 aromatic rings. The summed E-state index contributed by atoms with van der Waals surface area (Å²) in [7, 11) is 0. The van der Waals surface area contributed by atoms with Crippen molar-refractivity contribution in [2.24, 2.45) is 0 Å². The van der Waals surface area contributed by atoms with E-state index in [0.717, 1.165) is 43.6 Å². The van der Waals surface area contributed by atoms with Crippen LogP contribution in [-0.2, 0) is 17.7 Å². The number of benzene rings is 1.